The molecule has 4 heteroatoms. The molecule has 1 atom stereocenters. The highest BCUT2D eigenvalue weighted by atomic mass is 16.6. The van der Waals surface area contributed by atoms with Crippen molar-refractivity contribution in [3.8, 4) is 0 Å². The maximum Gasteiger partial charge on any atom is 0.323 e. The smallest absolute Gasteiger partial charge is 0.323 e. The highest BCUT2D eigenvalue weighted by molar-refractivity contribution is 5.75. The maximum atomic E-state index is 11.3. The summed E-state index contributed by atoms with van der Waals surface area (Å²) in [7, 11) is 1.75. The van der Waals surface area contributed by atoms with Gasteiger partial charge in [-0.3, -0.25) is 4.79 Å². The lowest BCUT2D eigenvalue weighted by Gasteiger charge is -2.23. The van der Waals surface area contributed by atoms with Crippen LogP contribution >= 0.6 is 0 Å². The number of rotatable bonds is 3. The van der Waals surface area contributed by atoms with E-state index in [4.69, 9.17) is 9.47 Å². The molecule has 1 saturated heterocycles. The lowest BCUT2D eigenvalue weighted by Crippen LogP contribution is -2.36. The van der Waals surface area contributed by atoms with Gasteiger partial charge in [-0.25, -0.2) is 0 Å². The summed E-state index contributed by atoms with van der Waals surface area (Å²) in [5, 5.41) is 2.85. The van der Waals surface area contributed by atoms with Crippen LogP contribution in [0.5, 0.6) is 0 Å². The minimum Gasteiger partial charge on any atom is -0.461 e. The minimum atomic E-state index is -0.220. The second kappa shape index (κ2) is 5.19. The van der Waals surface area contributed by atoms with Crippen LogP contribution in [0.3, 0.4) is 0 Å². The Morgan fingerprint density at radius 3 is 2.69 bits per heavy atom. The number of ether oxygens (including phenoxy) is 2. The van der Waals surface area contributed by atoms with Crippen molar-refractivity contribution < 1.29 is 14.3 Å². The van der Waals surface area contributed by atoms with Crippen molar-refractivity contribution in [1.29, 1.82) is 0 Å². The summed E-state index contributed by atoms with van der Waals surface area (Å²) >= 11 is 0. The predicted molar refractivity (Wildman–Crippen MR) is 48.5 cm³/mol. The topological polar surface area (TPSA) is 47.6 Å². The van der Waals surface area contributed by atoms with Crippen LogP contribution in [0.15, 0.2) is 0 Å². The van der Waals surface area contributed by atoms with Gasteiger partial charge in [0, 0.05) is 12.8 Å². The van der Waals surface area contributed by atoms with Gasteiger partial charge in [0.25, 0.3) is 0 Å². The van der Waals surface area contributed by atoms with Gasteiger partial charge in [0.1, 0.15) is 12.1 Å². The van der Waals surface area contributed by atoms with Crippen molar-refractivity contribution in [2.45, 2.75) is 31.9 Å². The SMILES string of the molecule is CNC(C)C(=O)OC1CCOCC1. The van der Waals surface area contributed by atoms with E-state index in [2.05, 4.69) is 5.32 Å². The summed E-state index contributed by atoms with van der Waals surface area (Å²) in [4.78, 5) is 11.3. The van der Waals surface area contributed by atoms with Gasteiger partial charge < -0.3 is 14.8 Å². The first-order valence-electron chi connectivity index (χ1n) is 4.69. The van der Waals surface area contributed by atoms with Crippen LogP contribution < -0.4 is 5.32 Å². The lowest BCUT2D eigenvalue weighted by molar-refractivity contribution is -0.155. The Bertz CT molecular complexity index is 166. The second-order valence-electron chi connectivity index (χ2n) is 3.26. The molecule has 0 spiro atoms. The molecular weight excluding hydrogens is 170 g/mol. The molecule has 1 fully saturated rings. The normalized spacial score (nSPS) is 21.1. The van der Waals surface area contributed by atoms with Gasteiger partial charge in [-0.05, 0) is 14.0 Å². The molecule has 0 aromatic heterocycles. The van der Waals surface area contributed by atoms with Crippen LogP contribution in [0.2, 0.25) is 0 Å². The molecule has 1 rings (SSSR count). The first-order chi connectivity index (χ1) is 6.24. The zero-order valence-electron chi connectivity index (χ0n) is 8.21. The Morgan fingerprint density at radius 2 is 2.15 bits per heavy atom. The third-order valence-electron chi connectivity index (χ3n) is 2.24. The zero-order valence-corrected chi connectivity index (χ0v) is 8.21. The van der Waals surface area contributed by atoms with Crippen LogP contribution in [0, 0.1) is 0 Å². The lowest BCUT2D eigenvalue weighted by atomic mass is 10.1. The van der Waals surface area contributed by atoms with Crippen LogP contribution in [-0.4, -0.2) is 38.4 Å². The van der Waals surface area contributed by atoms with E-state index in [0.717, 1.165) is 12.8 Å². The van der Waals surface area contributed by atoms with E-state index in [-0.39, 0.29) is 18.1 Å². The molecule has 1 unspecified atom stereocenters. The Hall–Kier alpha value is -0.610. The third-order valence-corrected chi connectivity index (χ3v) is 2.24. The fourth-order valence-electron chi connectivity index (χ4n) is 1.18. The second-order valence-corrected chi connectivity index (χ2v) is 3.26. The fraction of sp³-hybridized carbons (Fsp3) is 0.889. The molecule has 0 amide bonds. The van der Waals surface area contributed by atoms with Crippen LogP contribution in [0.4, 0.5) is 0 Å². The average molecular weight is 187 g/mol. The van der Waals surface area contributed by atoms with E-state index in [0.29, 0.717) is 13.2 Å². The number of esters is 1. The van der Waals surface area contributed by atoms with Crippen molar-refractivity contribution in [2.24, 2.45) is 0 Å². The van der Waals surface area contributed by atoms with E-state index in [1.165, 1.54) is 0 Å². The number of carbonyl (C=O) groups is 1. The highest BCUT2D eigenvalue weighted by Crippen LogP contribution is 2.11. The van der Waals surface area contributed by atoms with Crippen LogP contribution in [0.25, 0.3) is 0 Å². The summed E-state index contributed by atoms with van der Waals surface area (Å²) in [5.74, 6) is -0.172. The first-order valence-corrected chi connectivity index (χ1v) is 4.69. The van der Waals surface area contributed by atoms with Gasteiger partial charge in [-0.15, -0.1) is 0 Å². The Labute approximate surface area is 78.6 Å². The van der Waals surface area contributed by atoms with Gasteiger partial charge in [-0.1, -0.05) is 0 Å². The monoisotopic (exact) mass is 187 g/mol. The number of likely N-dealkylation sites (N-methyl/N-ethyl adjacent to an activating group) is 1. The number of hydrogen-bond donors (Lipinski definition) is 1. The number of hydrogen-bond acceptors (Lipinski definition) is 4. The van der Waals surface area contributed by atoms with Gasteiger partial charge >= 0.3 is 5.97 Å². The molecule has 0 saturated carbocycles. The molecular formula is C9H17NO3. The largest absolute Gasteiger partial charge is 0.461 e. The molecule has 1 N–H and O–H groups in total. The van der Waals surface area contributed by atoms with E-state index in [1.807, 2.05) is 0 Å². The molecule has 0 aromatic carbocycles. The van der Waals surface area contributed by atoms with Crippen molar-refractivity contribution >= 4 is 5.97 Å². The van der Waals surface area contributed by atoms with Crippen molar-refractivity contribution in [2.75, 3.05) is 20.3 Å². The molecule has 0 bridgehead atoms. The molecule has 1 heterocycles. The predicted octanol–water partition coefficient (Wildman–Crippen LogP) is 0.316. The summed E-state index contributed by atoms with van der Waals surface area (Å²) in [6.07, 6.45) is 1.70. The fourth-order valence-corrected chi connectivity index (χ4v) is 1.18. The molecule has 1 aliphatic heterocycles. The number of nitrogens with one attached hydrogen (secondary N) is 1. The maximum absolute atomic E-state index is 11.3. The molecule has 0 aliphatic carbocycles. The van der Waals surface area contributed by atoms with E-state index in [9.17, 15) is 4.79 Å². The van der Waals surface area contributed by atoms with Gasteiger partial charge in [0.2, 0.25) is 0 Å². The molecule has 1 aliphatic rings. The average Bonchev–Trinajstić information content (AvgIpc) is 2.18. The molecule has 13 heavy (non-hydrogen) atoms. The van der Waals surface area contributed by atoms with Gasteiger partial charge in [-0.2, -0.15) is 0 Å². The molecule has 4 nitrogen and oxygen atoms in total. The van der Waals surface area contributed by atoms with E-state index < -0.39 is 0 Å². The zero-order chi connectivity index (χ0) is 9.68. The molecule has 0 aromatic rings. The summed E-state index contributed by atoms with van der Waals surface area (Å²) in [6, 6.07) is -0.220. The first kappa shape index (κ1) is 10.5. The van der Waals surface area contributed by atoms with Crippen LogP contribution in [-0.2, 0) is 14.3 Å². The summed E-state index contributed by atoms with van der Waals surface area (Å²) in [6.45, 7) is 3.19. The third kappa shape index (κ3) is 3.32. The quantitative estimate of drug-likeness (QED) is 0.646. The van der Waals surface area contributed by atoms with Crippen molar-refractivity contribution in [1.82, 2.24) is 5.32 Å². The Kier molecular flexibility index (Phi) is 4.18. The highest BCUT2D eigenvalue weighted by Gasteiger charge is 2.20. The standard InChI is InChI=1S/C9H17NO3/c1-7(10-2)9(11)13-8-3-5-12-6-4-8/h7-8,10H,3-6H2,1-2H3. The molecule has 76 valence electrons. The van der Waals surface area contributed by atoms with E-state index in [1.54, 1.807) is 14.0 Å². The molecule has 0 radical (unpaired) electrons. The Balaban J connectivity index is 2.26. The summed E-state index contributed by atoms with van der Waals surface area (Å²) < 4.78 is 10.4. The van der Waals surface area contributed by atoms with Crippen molar-refractivity contribution in [3.05, 3.63) is 0 Å². The van der Waals surface area contributed by atoms with E-state index >= 15 is 0 Å². The van der Waals surface area contributed by atoms with Crippen molar-refractivity contribution in [3.63, 3.8) is 0 Å². The van der Waals surface area contributed by atoms with Gasteiger partial charge in [0.15, 0.2) is 0 Å². The Morgan fingerprint density at radius 1 is 1.54 bits per heavy atom. The minimum absolute atomic E-state index is 0.0528. The number of carbonyl (C=O) groups excluding carboxylic acids is 1. The van der Waals surface area contributed by atoms with Gasteiger partial charge in [0.05, 0.1) is 13.2 Å². The summed E-state index contributed by atoms with van der Waals surface area (Å²) in [5.41, 5.74) is 0. The van der Waals surface area contributed by atoms with Crippen LogP contribution in [0.1, 0.15) is 19.8 Å².